The van der Waals surface area contributed by atoms with Crippen LogP contribution in [0.5, 0.6) is 0 Å². The predicted molar refractivity (Wildman–Crippen MR) is 90.8 cm³/mol. The number of rotatable bonds is 6. The van der Waals surface area contributed by atoms with Gasteiger partial charge in [-0.05, 0) is 18.9 Å². The first-order chi connectivity index (χ1) is 11.5. The molecule has 0 radical (unpaired) electrons. The summed E-state index contributed by atoms with van der Waals surface area (Å²) in [5.74, 6) is 1.25. The van der Waals surface area contributed by atoms with Gasteiger partial charge in [0.05, 0.1) is 17.2 Å². The van der Waals surface area contributed by atoms with E-state index in [-0.39, 0.29) is 5.92 Å². The fourth-order valence-electron chi connectivity index (χ4n) is 2.41. The number of nitrogens with zero attached hydrogens (tertiary/aromatic N) is 6. The summed E-state index contributed by atoms with van der Waals surface area (Å²) in [5, 5.41) is 18.8. The Hall–Kier alpha value is -2.61. The van der Waals surface area contributed by atoms with E-state index in [4.69, 9.17) is 0 Å². The predicted octanol–water partition coefficient (Wildman–Crippen LogP) is 1.81. The number of hydrogen-bond donors (Lipinski definition) is 2. The number of aromatic nitrogens is 6. The van der Waals surface area contributed by atoms with E-state index in [2.05, 4.69) is 37.3 Å². The number of fused-ring (bicyclic) bond motifs is 1. The summed E-state index contributed by atoms with van der Waals surface area (Å²) in [6, 6.07) is 1.74. The fraction of sp³-hybridized carbons (Fsp3) is 0.438. The Morgan fingerprint density at radius 3 is 2.71 bits per heavy atom. The highest BCUT2D eigenvalue weighted by atomic mass is 16.3. The topological polar surface area (TPSA) is 102 Å². The zero-order valence-electron chi connectivity index (χ0n) is 14.0. The van der Waals surface area contributed by atoms with E-state index in [9.17, 15) is 5.11 Å². The number of anilines is 1. The van der Waals surface area contributed by atoms with Gasteiger partial charge in [-0.1, -0.05) is 20.3 Å². The van der Waals surface area contributed by atoms with Gasteiger partial charge in [0.25, 0.3) is 5.95 Å². The van der Waals surface area contributed by atoms with Crippen LogP contribution < -0.4 is 5.32 Å². The molecular weight excluding hydrogens is 306 g/mol. The standard InChI is InChI=1S/C16H21N7O/c1-4-11(2)16(3,24)9-19-13-12-8-22-23(14(12)21-10-20-13)15-17-6-5-7-18-15/h5-8,10-11,24H,4,9H2,1-3H3,(H,19,20,21). The van der Waals surface area contributed by atoms with Crippen LogP contribution in [0.1, 0.15) is 27.2 Å². The van der Waals surface area contributed by atoms with Crippen molar-refractivity contribution >= 4 is 16.9 Å². The van der Waals surface area contributed by atoms with Crippen molar-refractivity contribution in [1.82, 2.24) is 29.7 Å². The molecule has 0 fully saturated rings. The Balaban J connectivity index is 1.90. The molecule has 3 aromatic heterocycles. The first-order valence-electron chi connectivity index (χ1n) is 7.95. The molecule has 0 bridgehead atoms. The van der Waals surface area contributed by atoms with Crippen LogP contribution in [0, 0.1) is 5.92 Å². The van der Waals surface area contributed by atoms with Gasteiger partial charge in [0.2, 0.25) is 0 Å². The molecule has 2 atom stereocenters. The van der Waals surface area contributed by atoms with Gasteiger partial charge in [0.1, 0.15) is 12.1 Å². The molecule has 0 saturated heterocycles. The van der Waals surface area contributed by atoms with Crippen LogP contribution in [-0.2, 0) is 0 Å². The molecule has 0 amide bonds. The van der Waals surface area contributed by atoms with Crippen molar-refractivity contribution in [3.8, 4) is 5.95 Å². The summed E-state index contributed by atoms with van der Waals surface area (Å²) < 4.78 is 1.56. The molecule has 0 aliphatic heterocycles. The third-order valence-electron chi connectivity index (χ3n) is 4.40. The van der Waals surface area contributed by atoms with Crippen molar-refractivity contribution in [2.45, 2.75) is 32.8 Å². The maximum absolute atomic E-state index is 10.6. The van der Waals surface area contributed by atoms with E-state index in [1.54, 1.807) is 29.3 Å². The summed E-state index contributed by atoms with van der Waals surface area (Å²) in [7, 11) is 0. The average molecular weight is 327 g/mol. The van der Waals surface area contributed by atoms with Crippen LogP contribution in [0.3, 0.4) is 0 Å². The van der Waals surface area contributed by atoms with E-state index in [1.165, 1.54) is 6.33 Å². The lowest BCUT2D eigenvalue weighted by atomic mass is 9.89. The SMILES string of the molecule is CCC(C)C(C)(O)CNc1ncnc2c1cnn2-c1ncccn1. The van der Waals surface area contributed by atoms with E-state index in [0.717, 1.165) is 11.8 Å². The van der Waals surface area contributed by atoms with Gasteiger partial charge in [0, 0.05) is 18.9 Å². The second-order valence-corrected chi connectivity index (χ2v) is 6.08. The van der Waals surface area contributed by atoms with Crippen molar-refractivity contribution in [3.05, 3.63) is 31.0 Å². The number of nitrogens with one attached hydrogen (secondary N) is 1. The molecule has 3 heterocycles. The quantitative estimate of drug-likeness (QED) is 0.712. The highest BCUT2D eigenvalue weighted by Crippen LogP contribution is 2.23. The van der Waals surface area contributed by atoms with E-state index in [0.29, 0.717) is 24.0 Å². The second-order valence-electron chi connectivity index (χ2n) is 6.08. The summed E-state index contributed by atoms with van der Waals surface area (Å²) in [5.41, 5.74) is -0.216. The number of hydrogen-bond acceptors (Lipinski definition) is 7. The summed E-state index contributed by atoms with van der Waals surface area (Å²) in [6.45, 7) is 6.31. The van der Waals surface area contributed by atoms with Crippen molar-refractivity contribution in [3.63, 3.8) is 0 Å². The van der Waals surface area contributed by atoms with Crippen LogP contribution in [0.4, 0.5) is 5.82 Å². The van der Waals surface area contributed by atoms with Gasteiger partial charge >= 0.3 is 0 Å². The lowest BCUT2D eigenvalue weighted by molar-refractivity contribution is 0.0175. The summed E-state index contributed by atoms with van der Waals surface area (Å²) >= 11 is 0. The molecule has 24 heavy (non-hydrogen) atoms. The van der Waals surface area contributed by atoms with Crippen LogP contribution in [0.25, 0.3) is 17.0 Å². The van der Waals surface area contributed by atoms with Crippen LogP contribution in [-0.4, -0.2) is 47.0 Å². The Kier molecular flexibility index (Phi) is 4.39. The molecule has 3 rings (SSSR count). The highest BCUT2D eigenvalue weighted by molar-refractivity contribution is 5.86. The molecule has 8 nitrogen and oxygen atoms in total. The molecule has 0 aromatic carbocycles. The molecule has 2 unspecified atom stereocenters. The molecule has 0 aliphatic rings. The highest BCUT2D eigenvalue weighted by Gasteiger charge is 2.27. The minimum Gasteiger partial charge on any atom is -0.388 e. The van der Waals surface area contributed by atoms with Gasteiger partial charge in [-0.3, -0.25) is 0 Å². The molecule has 0 spiro atoms. The Morgan fingerprint density at radius 2 is 2.00 bits per heavy atom. The summed E-state index contributed by atoms with van der Waals surface area (Å²) in [6.07, 6.45) is 7.34. The third-order valence-corrected chi connectivity index (χ3v) is 4.40. The van der Waals surface area contributed by atoms with Gasteiger partial charge < -0.3 is 10.4 Å². The smallest absolute Gasteiger partial charge is 0.252 e. The third kappa shape index (κ3) is 3.05. The molecule has 3 aromatic rings. The van der Waals surface area contributed by atoms with E-state index >= 15 is 0 Å². The molecular formula is C16H21N7O. The second kappa shape index (κ2) is 6.48. The lowest BCUT2D eigenvalue weighted by Crippen LogP contribution is -2.40. The van der Waals surface area contributed by atoms with E-state index < -0.39 is 5.60 Å². The average Bonchev–Trinajstić information content (AvgIpc) is 3.04. The minimum atomic E-state index is -0.829. The normalized spacial score (nSPS) is 15.2. The fourth-order valence-corrected chi connectivity index (χ4v) is 2.41. The molecule has 2 N–H and O–H groups in total. The van der Waals surface area contributed by atoms with Crippen LogP contribution in [0.15, 0.2) is 31.0 Å². The monoisotopic (exact) mass is 327 g/mol. The van der Waals surface area contributed by atoms with Crippen molar-refractivity contribution in [2.24, 2.45) is 5.92 Å². The zero-order valence-corrected chi connectivity index (χ0v) is 14.0. The van der Waals surface area contributed by atoms with Crippen LogP contribution in [0.2, 0.25) is 0 Å². The van der Waals surface area contributed by atoms with Crippen molar-refractivity contribution < 1.29 is 5.11 Å². The Bertz CT molecular complexity index is 816. The largest absolute Gasteiger partial charge is 0.388 e. The zero-order chi connectivity index (χ0) is 17.2. The first-order valence-corrected chi connectivity index (χ1v) is 7.95. The molecule has 0 saturated carbocycles. The van der Waals surface area contributed by atoms with Crippen molar-refractivity contribution in [1.29, 1.82) is 0 Å². The first kappa shape index (κ1) is 16.3. The van der Waals surface area contributed by atoms with Gasteiger partial charge in [-0.25, -0.2) is 19.9 Å². The molecule has 126 valence electrons. The maximum Gasteiger partial charge on any atom is 0.252 e. The Labute approximate surface area is 140 Å². The van der Waals surface area contributed by atoms with Crippen molar-refractivity contribution in [2.75, 3.05) is 11.9 Å². The molecule has 0 aliphatic carbocycles. The van der Waals surface area contributed by atoms with E-state index in [1.807, 2.05) is 13.8 Å². The van der Waals surface area contributed by atoms with Gasteiger partial charge in [-0.2, -0.15) is 9.78 Å². The van der Waals surface area contributed by atoms with Gasteiger partial charge in [-0.15, -0.1) is 0 Å². The Morgan fingerprint density at radius 1 is 1.25 bits per heavy atom. The minimum absolute atomic E-state index is 0.169. The van der Waals surface area contributed by atoms with Crippen LogP contribution >= 0.6 is 0 Å². The number of aliphatic hydroxyl groups is 1. The molecule has 8 heteroatoms. The van der Waals surface area contributed by atoms with Gasteiger partial charge in [0.15, 0.2) is 5.65 Å². The summed E-state index contributed by atoms with van der Waals surface area (Å²) in [4.78, 5) is 16.9. The maximum atomic E-state index is 10.6. The lowest BCUT2D eigenvalue weighted by Gasteiger charge is -2.30.